The molecule has 2 saturated carbocycles. The normalized spacial score (nSPS) is 32.4. The van der Waals surface area contributed by atoms with E-state index in [-0.39, 0.29) is 34.5 Å². The maximum atomic E-state index is 13.6. The second-order valence-corrected chi connectivity index (χ2v) is 11.5. The average molecular weight is 422 g/mol. The molecule has 4 atom stereocenters. The quantitative estimate of drug-likeness (QED) is 0.631. The fraction of sp³-hybridized carbons (Fsp3) is 0.615. The molecule has 2 bridgehead atoms. The molecule has 2 aliphatic carbocycles. The molecule has 5 rings (SSSR count). The van der Waals surface area contributed by atoms with Crippen molar-refractivity contribution < 1.29 is 9.53 Å². The standard InChI is InChI=1S/C26H35N3O2/c1-16-20(22(30)31-23-25(4,5)18-12-13-26(23,6)14-18)21-27-19(17-10-8-7-9-11-17)15-24(2,3)29(21)28-16/h7-11,18-19,23,27H,12-15H2,1-6H3/t18-,19?,23?,26+/m0/s1. The lowest BCUT2D eigenvalue weighted by atomic mass is 9.70. The van der Waals surface area contributed by atoms with Crippen LogP contribution < -0.4 is 5.32 Å². The van der Waals surface area contributed by atoms with Crippen LogP contribution in [-0.2, 0) is 10.3 Å². The van der Waals surface area contributed by atoms with Gasteiger partial charge >= 0.3 is 5.97 Å². The van der Waals surface area contributed by atoms with Crippen LogP contribution in [0, 0.1) is 23.7 Å². The summed E-state index contributed by atoms with van der Waals surface area (Å²) in [5.74, 6) is 1.19. The molecule has 3 aliphatic rings. The zero-order valence-electron chi connectivity index (χ0n) is 19.7. The number of hydrogen-bond donors (Lipinski definition) is 1. The lowest BCUT2D eigenvalue weighted by Gasteiger charge is -2.42. The Hall–Kier alpha value is -2.30. The van der Waals surface area contributed by atoms with Crippen LogP contribution in [0.15, 0.2) is 30.3 Å². The van der Waals surface area contributed by atoms with Crippen LogP contribution in [0.25, 0.3) is 0 Å². The summed E-state index contributed by atoms with van der Waals surface area (Å²) in [5.41, 5.74) is 2.45. The van der Waals surface area contributed by atoms with Gasteiger partial charge in [0.2, 0.25) is 0 Å². The minimum absolute atomic E-state index is 0.0169. The van der Waals surface area contributed by atoms with E-state index in [0.717, 1.165) is 30.8 Å². The van der Waals surface area contributed by atoms with Crippen molar-refractivity contribution in [2.45, 2.75) is 84.9 Å². The van der Waals surface area contributed by atoms with E-state index < -0.39 is 0 Å². The summed E-state index contributed by atoms with van der Waals surface area (Å²) in [6.45, 7) is 13.1. The fourth-order valence-corrected chi connectivity index (χ4v) is 6.75. The molecule has 0 radical (unpaired) electrons. The average Bonchev–Trinajstić information content (AvgIpc) is 3.32. The first-order valence-corrected chi connectivity index (χ1v) is 11.7. The monoisotopic (exact) mass is 421 g/mol. The summed E-state index contributed by atoms with van der Waals surface area (Å²) in [6, 6.07) is 10.6. The third-order valence-electron chi connectivity index (χ3n) is 8.42. The van der Waals surface area contributed by atoms with Crippen molar-refractivity contribution in [1.82, 2.24) is 9.78 Å². The van der Waals surface area contributed by atoms with Gasteiger partial charge in [-0.2, -0.15) is 5.10 Å². The summed E-state index contributed by atoms with van der Waals surface area (Å²) >= 11 is 0. The molecule has 2 unspecified atom stereocenters. The van der Waals surface area contributed by atoms with E-state index in [1.165, 1.54) is 12.0 Å². The van der Waals surface area contributed by atoms with Crippen LogP contribution in [0.2, 0.25) is 0 Å². The van der Waals surface area contributed by atoms with Gasteiger partial charge in [0.25, 0.3) is 0 Å². The second-order valence-electron chi connectivity index (χ2n) is 11.5. The highest BCUT2D eigenvalue weighted by molar-refractivity contribution is 5.96. The zero-order valence-corrected chi connectivity index (χ0v) is 19.7. The Morgan fingerprint density at radius 2 is 1.84 bits per heavy atom. The molecule has 2 heterocycles. The van der Waals surface area contributed by atoms with Crippen molar-refractivity contribution in [1.29, 1.82) is 0 Å². The lowest BCUT2D eigenvalue weighted by molar-refractivity contribution is -0.0584. The van der Waals surface area contributed by atoms with Gasteiger partial charge in [0.15, 0.2) is 0 Å². The van der Waals surface area contributed by atoms with Gasteiger partial charge in [-0.3, -0.25) is 0 Å². The number of nitrogens with zero attached hydrogens (tertiary/aromatic N) is 2. The van der Waals surface area contributed by atoms with Crippen molar-refractivity contribution >= 4 is 11.8 Å². The zero-order chi connectivity index (χ0) is 22.2. The Morgan fingerprint density at radius 3 is 2.48 bits per heavy atom. The number of anilines is 1. The maximum Gasteiger partial charge on any atom is 0.344 e. The van der Waals surface area contributed by atoms with Crippen LogP contribution in [-0.4, -0.2) is 21.9 Å². The highest BCUT2D eigenvalue weighted by Gasteiger charge is 2.61. The van der Waals surface area contributed by atoms with Gasteiger partial charge in [-0.25, -0.2) is 9.48 Å². The number of rotatable bonds is 3. The Labute approximate surface area is 185 Å². The third-order valence-corrected chi connectivity index (χ3v) is 8.42. The van der Waals surface area contributed by atoms with Crippen molar-refractivity contribution in [2.75, 3.05) is 5.32 Å². The predicted octanol–water partition coefficient (Wildman–Crippen LogP) is 5.86. The fourth-order valence-electron chi connectivity index (χ4n) is 6.75. The number of carbonyl (C=O) groups is 1. The van der Waals surface area contributed by atoms with Crippen molar-refractivity contribution in [2.24, 2.45) is 16.7 Å². The van der Waals surface area contributed by atoms with E-state index in [4.69, 9.17) is 9.84 Å². The molecule has 2 aromatic rings. The summed E-state index contributed by atoms with van der Waals surface area (Å²) < 4.78 is 8.32. The highest BCUT2D eigenvalue weighted by atomic mass is 16.5. The molecule has 166 valence electrons. The molecule has 2 fully saturated rings. The van der Waals surface area contributed by atoms with Gasteiger partial charge in [0.1, 0.15) is 17.5 Å². The van der Waals surface area contributed by atoms with Gasteiger partial charge in [0, 0.05) is 10.8 Å². The summed E-state index contributed by atoms with van der Waals surface area (Å²) in [4.78, 5) is 13.6. The molecule has 1 N–H and O–H groups in total. The van der Waals surface area contributed by atoms with E-state index in [9.17, 15) is 4.79 Å². The summed E-state index contributed by atoms with van der Waals surface area (Å²) in [7, 11) is 0. The minimum atomic E-state index is -0.234. The predicted molar refractivity (Wildman–Crippen MR) is 122 cm³/mol. The van der Waals surface area contributed by atoms with Gasteiger partial charge in [-0.1, -0.05) is 51.1 Å². The van der Waals surface area contributed by atoms with E-state index in [2.05, 4.69) is 64.2 Å². The van der Waals surface area contributed by atoms with Crippen molar-refractivity contribution in [3.05, 3.63) is 47.2 Å². The maximum absolute atomic E-state index is 13.6. The van der Waals surface area contributed by atoms with E-state index in [1.54, 1.807) is 0 Å². The number of aromatic nitrogens is 2. The summed E-state index contributed by atoms with van der Waals surface area (Å²) in [6.07, 6.45) is 4.39. The Kier molecular flexibility index (Phi) is 4.38. The highest BCUT2D eigenvalue weighted by Crippen LogP contribution is 2.63. The van der Waals surface area contributed by atoms with Gasteiger partial charge in [0.05, 0.1) is 17.3 Å². The van der Waals surface area contributed by atoms with Gasteiger partial charge in [-0.05, 0) is 57.9 Å². The molecule has 0 amide bonds. The first-order chi connectivity index (χ1) is 14.5. The molecule has 0 spiro atoms. The number of nitrogens with one attached hydrogen (secondary N) is 1. The Balaban J connectivity index is 1.49. The van der Waals surface area contributed by atoms with Crippen LogP contribution in [0.3, 0.4) is 0 Å². The van der Waals surface area contributed by atoms with Crippen LogP contribution in [0.5, 0.6) is 0 Å². The first-order valence-electron chi connectivity index (χ1n) is 11.7. The number of fused-ring (bicyclic) bond motifs is 3. The molecular formula is C26H35N3O2. The van der Waals surface area contributed by atoms with Crippen LogP contribution >= 0.6 is 0 Å². The summed E-state index contributed by atoms with van der Waals surface area (Å²) in [5, 5.41) is 8.41. The number of aryl methyl sites for hydroxylation is 1. The molecule has 0 saturated heterocycles. The van der Waals surface area contributed by atoms with E-state index in [0.29, 0.717) is 11.5 Å². The van der Waals surface area contributed by atoms with Crippen LogP contribution in [0.4, 0.5) is 5.82 Å². The van der Waals surface area contributed by atoms with Gasteiger partial charge < -0.3 is 10.1 Å². The SMILES string of the molecule is Cc1nn2c(c1C(=O)OC1C(C)(C)[C@H]3CC[C@]1(C)C3)NC(c1ccccc1)CC2(C)C. The number of hydrogen-bond acceptors (Lipinski definition) is 4. The molecule has 1 aromatic carbocycles. The molecule has 1 aromatic heterocycles. The molecule has 1 aliphatic heterocycles. The van der Waals surface area contributed by atoms with Crippen molar-refractivity contribution in [3.8, 4) is 0 Å². The number of benzene rings is 1. The number of carbonyl (C=O) groups excluding carboxylic acids is 1. The topological polar surface area (TPSA) is 56.2 Å². The molecule has 31 heavy (non-hydrogen) atoms. The van der Waals surface area contributed by atoms with E-state index >= 15 is 0 Å². The molecule has 5 heteroatoms. The second kappa shape index (κ2) is 6.60. The molecule has 5 nitrogen and oxygen atoms in total. The number of ether oxygens (including phenoxy) is 1. The van der Waals surface area contributed by atoms with E-state index in [1.807, 2.05) is 17.7 Å². The number of esters is 1. The minimum Gasteiger partial charge on any atom is -0.457 e. The first kappa shape index (κ1) is 20.6. The largest absolute Gasteiger partial charge is 0.457 e. The Morgan fingerprint density at radius 1 is 1.13 bits per heavy atom. The third kappa shape index (κ3) is 3.03. The van der Waals surface area contributed by atoms with Gasteiger partial charge in [-0.15, -0.1) is 0 Å². The smallest absolute Gasteiger partial charge is 0.344 e. The van der Waals surface area contributed by atoms with Crippen LogP contribution in [0.1, 0.15) is 88.0 Å². The Bertz CT molecular complexity index is 1020. The van der Waals surface area contributed by atoms with Crippen molar-refractivity contribution in [3.63, 3.8) is 0 Å². The lowest BCUT2D eigenvalue weighted by Crippen LogP contribution is -2.43. The molecular weight excluding hydrogens is 386 g/mol.